The lowest BCUT2D eigenvalue weighted by Crippen LogP contribution is -2.16. The monoisotopic (exact) mass is 581 g/mol. The Kier molecular flexibility index (Phi) is 6.76. The average molecular weight is 582 g/mol. The number of H-pyrrole nitrogens is 1. The number of fused-ring (bicyclic) bond motifs is 1. The molecule has 5 aromatic rings. The molecule has 2 N–H and O–H groups in total. The highest BCUT2D eigenvalue weighted by atomic mass is 32.2. The molecule has 206 valence electrons. The number of hydrogen-bond donors (Lipinski definition) is 2. The molecule has 0 aliphatic rings. The van der Waals surface area contributed by atoms with Crippen LogP contribution in [0.25, 0.3) is 22.0 Å². The van der Waals surface area contributed by atoms with Crippen LogP contribution in [-0.4, -0.2) is 32.6 Å². The number of ether oxygens (including phenoxy) is 1. The highest BCUT2D eigenvalue weighted by molar-refractivity contribution is 7.92. The summed E-state index contributed by atoms with van der Waals surface area (Å²) in [6, 6.07) is 15.7. The zero-order valence-electron chi connectivity index (χ0n) is 21.6. The minimum Gasteiger partial charge on any atom is -0.457 e. The van der Waals surface area contributed by atoms with Gasteiger partial charge in [-0.05, 0) is 67.1 Å². The fraction of sp³-hybridized carbons (Fsp3) is 0.107. The van der Waals surface area contributed by atoms with Gasteiger partial charge in [-0.25, -0.2) is 21.2 Å². The Morgan fingerprint density at radius 2 is 1.73 bits per heavy atom. The van der Waals surface area contributed by atoms with Crippen molar-refractivity contribution >= 4 is 36.5 Å². The number of halogens is 1. The quantitative estimate of drug-likeness (QED) is 0.279. The van der Waals surface area contributed by atoms with Crippen molar-refractivity contribution in [2.45, 2.75) is 16.7 Å². The largest absolute Gasteiger partial charge is 0.457 e. The molecular formula is C28H24FN3O6S2. The highest BCUT2D eigenvalue weighted by Crippen LogP contribution is 2.38. The first-order chi connectivity index (χ1) is 18.8. The van der Waals surface area contributed by atoms with Crippen LogP contribution < -0.4 is 15.0 Å². The van der Waals surface area contributed by atoms with E-state index < -0.39 is 25.7 Å². The van der Waals surface area contributed by atoms with Gasteiger partial charge in [0, 0.05) is 48.3 Å². The summed E-state index contributed by atoms with van der Waals surface area (Å²) in [6.45, 7) is 1.50. The van der Waals surface area contributed by atoms with Crippen molar-refractivity contribution in [3.63, 3.8) is 0 Å². The first kappa shape index (κ1) is 27.2. The van der Waals surface area contributed by atoms with Crippen molar-refractivity contribution in [2.24, 2.45) is 7.05 Å². The van der Waals surface area contributed by atoms with Crippen LogP contribution in [0.15, 0.2) is 93.7 Å². The van der Waals surface area contributed by atoms with E-state index in [1.807, 2.05) is 0 Å². The van der Waals surface area contributed by atoms with E-state index in [4.69, 9.17) is 4.74 Å². The number of sulfonamides is 1. The smallest absolute Gasteiger partial charge is 0.274 e. The SMILES string of the molecule is Cc1cc(F)ccc1S(=O)(=O)Nc1cccc(Oc2ccc(S(C)(=O)=O)cc2-c2cn(C)c(=O)c3[nH]ccc23)c1. The maximum Gasteiger partial charge on any atom is 0.274 e. The normalized spacial score (nSPS) is 12.0. The summed E-state index contributed by atoms with van der Waals surface area (Å²) in [4.78, 5) is 15.5. The summed E-state index contributed by atoms with van der Waals surface area (Å²) in [6.07, 6.45) is 4.31. The Morgan fingerprint density at radius 3 is 2.45 bits per heavy atom. The molecule has 3 aromatic carbocycles. The van der Waals surface area contributed by atoms with E-state index in [-0.39, 0.29) is 38.1 Å². The minimum absolute atomic E-state index is 0.0589. The van der Waals surface area contributed by atoms with E-state index in [0.29, 0.717) is 22.0 Å². The van der Waals surface area contributed by atoms with Crippen molar-refractivity contribution in [1.29, 1.82) is 0 Å². The van der Waals surface area contributed by atoms with Gasteiger partial charge in [-0.1, -0.05) is 6.07 Å². The second kappa shape index (κ2) is 9.96. The van der Waals surface area contributed by atoms with Crippen LogP contribution in [0.3, 0.4) is 0 Å². The van der Waals surface area contributed by atoms with Crippen molar-refractivity contribution in [1.82, 2.24) is 9.55 Å². The predicted octanol–water partition coefficient (Wildman–Crippen LogP) is 4.98. The first-order valence-electron chi connectivity index (χ1n) is 11.9. The predicted molar refractivity (Wildman–Crippen MR) is 151 cm³/mol. The fourth-order valence-corrected chi connectivity index (χ4v) is 6.32. The molecule has 0 bridgehead atoms. The molecule has 5 rings (SSSR count). The van der Waals surface area contributed by atoms with Gasteiger partial charge in [0.05, 0.1) is 15.5 Å². The van der Waals surface area contributed by atoms with Crippen LogP contribution >= 0.6 is 0 Å². The van der Waals surface area contributed by atoms with Gasteiger partial charge in [0.1, 0.15) is 22.8 Å². The Morgan fingerprint density at radius 1 is 0.950 bits per heavy atom. The molecule has 12 heteroatoms. The Balaban J connectivity index is 1.57. The van der Waals surface area contributed by atoms with Gasteiger partial charge in [0.15, 0.2) is 9.84 Å². The van der Waals surface area contributed by atoms with E-state index in [1.165, 1.54) is 47.9 Å². The lowest BCUT2D eigenvalue weighted by molar-refractivity contribution is 0.484. The minimum atomic E-state index is -4.03. The zero-order chi connectivity index (χ0) is 28.8. The summed E-state index contributed by atoms with van der Waals surface area (Å²) in [5.74, 6) is 0.00222. The maximum atomic E-state index is 13.5. The van der Waals surface area contributed by atoms with Crippen molar-refractivity contribution in [3.8, 4) is 22.6 Å². The molecule has 0 unspecified atom stereocenters. The molecule has 2 heterocycles. The zero-order valence-corrected chi connectivity index (χ0v) is 23.2. The molecule has 0 fully saturated rings. The van der Waals surface area contributed by atoms with E-state index in [9.17, 15) is 26.0 Å². The Hall–Kier alpha value is -4.42. The molecule has 2 aromatic heterocycles. The van der Waals surface area contributed by atoms with Gasteiger partial charge >= 0.3 is 0 Å². The summed E-state index contributed by atoms with van der Waals surface area (Å²) in [5, 5.41) is 0.578. The standard InChI is InChI=1S/C28H24FN3O6S2/c1-17-13-18(29)7-10-26(17)40(36,37)31-19-5-4-6-20(14-19)38-25-9-8-21(39(3,34)35)15-23(25)24-16-32(2)28(33)27-22(24)11-12-30-27/h4-16,30-31H,1-3H3. The lowest BCUT2D eigenvalue weighted by Gasteiger charge is -2.16. The third-order valence-corrected chi connectivity index (χ3v) is 8.96. The van der Waals surface area contributed by atoms with Crippen LogP contribution in [0.1, 0.15) is 5.56 Å². The highest BCUT2D eigenvalue weighted by Gasteiger charge is 2.20. The number of aromatic nitrogens is 2. The van der Waals surface area contributed by atoms with Gasteiger partial charge in [0.25, 0.3) is 15.6 Å². The van der Waals surface area contributed by atoms with E-state index >= 15 is 0 Å². The number of aryl methyl sites for hydroxylation is 2. The van der Waals surface area contributed by atoms with Crippen LogP contribution in [0.5, 0.6) is 11.5 Å². The van der Waals surface area contributed by atoms with Crippen LogP contribution in [0.2, 0.25) is 0 Å². The number of sulfone groups is 1. The number of anilines is 1. The van der Waals surface area contributed by atoms with Gasteiger partial charge in [-0.15, -0.1) is 0 Å². The first-order valence-corrected chi connectivity index (χ1v) is 15.3. The average Bonchev–Trinajstić information content (AvgIpc) is 3.36. The molecule has 0 amide bonds. The van der Waals surface area contributed by atoms with Crippen molar-refractivity contribution in [2.75, 3.05) is 11.0 Å². The molecule has 0 saturated heterocycles. The number of nitrogens with zero attached hydrogens (tertiary/aromatic N) is 1. The number of nitrogens with one attached hydrogen (secondary N) is 2. The van der Waals surface area contributed by atoms with Gasteiger partial charge in [0.2, 0.25) is 0 Å². The molecule has 0 radical (unpaired) electrons. The second-order valence-corrected chi connectivity index (χ2v) is 13.0. The van der Waals surface area contributed by atoms with Crippen molar-refractivity contribution < 1.29 is 26.0 Å². The van der Waals surface area contributed by atoms with Crippen LogP contribution in [0, 0.1) is 12.7 Å². The molecule has 40 heavy (non-hydrogen) atoms. The summed E-state index contributed by atoms with van der Waals surface area (Å²) in [7, 11) is -6.01. The summed E-state index contributed by atoms with van der Waals surface area (Å²) in [5.41, 5.74) is 1.53. The fourth-order valence-electron chi connectivity index (χ4n) is 4.40. The molecule has 9 nitrogen and oxygen atoms in total. The van der Waals surface area contributed by atoms with Gasteiger partial charge in [-0.3, -0.25) is 9.52 Å². The third-order valence-electron chi connectivity index (χ3n) is 6.30. The lowest BCUT2D eigenvalue weighted by atomic mass is 10.0. The molecule has 0 saturated carbocycles. The van der Waals surface area contributed by atoms with E-state index in [2.05, 4.69) is 9.71 Å². The summed E-state index contributed by atoms with van der Waals surface area (Å²) < 4.78 is 74.2. The van der Waals surface area contributed by atoms with Gasteiger partial charge < -0.3 is 14.3 Å². The van der Waals surface area contributed by atoms with E-state index in [0.717, 1.165) is 18.4 Å². The third kappa shape index (κ3) is 5.23. The van der Waals surface area contributed by atoms with E-state index in [1.54, 1.807) is 37.6 Å². The maximum absolute atomic E-state index is 13.5. The topological polar surface area (TPSA) is 127 Å². The van der Waals surface area contributed by atoms with Crippen molar-refractivity contribution in [3.05, 3.63) is 101 Å². The molecule has 0 spiro atoms. The molecule has 0 aliphatic carbocycles. The number of pyridine rings is 1. The van der Waals surface area contributed by atoms with Crippen LogP contribution in [0.4, 0.5) is 10.1 Å². The van der Waals surface area contributed by atoms with Gasteiger partial charge in [-0.2, -0.15) is 0 Å². The number of benzene rings is 3. The summed E-state index contributed by atoms with van der Waals surface area (Å²) >= 11 is 0. The number of aromatic amines is 1. The number of rotatable bonds is 7. The molecule has 0 aliphatic heterocycles. The molecule has 0 atom stereocenters. The second-order valence-electron chi connectivity index (χ2n) is 9.30. The molecular weight excluding hydrogens is 557 g/mol. The van der Waals surface area contributed by atoms with Crippen LogP contribution in [-0.2, 0) is 26.9 Å². The Bertz CT molecular complexity index is 2070. The number of hydrogen-bond acceptors (Lipinski definition) is 6. The Labute approximate surface area is 229 Å².